The zero-order valence-electron chi connectivity index (χ0n) is 6.39. The van der Waals surface area contributed by atoms with Crippen LogP contribution in [0.25, 0.3) is 0 Å². The first kappa shape index (κ1) is 9.17. The number of hydrogen-bond donors (Lipinski definition) is 1. The minimum atomic E-state index is -0.280. The van der Waals surface area contributed by atoms with Crippen LogP contribution in [0.15, 0.2) is 12.2 Å². The lowest BCUT2D eigenvalue weighted by atomic mass is 10.5. The van der Waals surface area contributed by atoms with E-state index in [1.54, 1.807) is 13.0 Å². The van der Waals surface area contributed by atoms with E-state index in [4.69, 9.17) is 0 Å². The smallest absolute Gasteiger partial charge is 0.330 e. The Morgan fingerprint density at radius 2 is 2.40 bits per heavy atom. The van der Waals surface area contributed by atoms with Crippen LogP contribution in [0.2, 0.25) is 0 Å². The first-order valence-corrected chi connectivity index (χ1v) is 3.29. The van der Waals surface area contributed by atoms with Crippen molar-refractivity contribution in [1.82, 2.24) is 5.32 Å². The highest BCUT2D eigenvalue weighted by Crippen LogP contribution is 1.79. The maximum atomic E-state index is 10.6. The van der Waals surface area contributed by atoms with E-state index in [9.17, 15) is 4.79 Å². The molecule has 0 aliphatic heterocycles. The van der Waals surface area contributed by atoms with E-state index < -0.39 is 0 Å². The number of carbonyl (C=O) groups is 1. The van der Waals surface area contributed by atoms with Crippen molar-refractivity contribution in [2.24, 2.45) is 0 Å². The summed E-state index contributed by atoms with van der Waals surface area (Å²) in [5.74, 6) is -0.280. The molecule has 58 valence electrons. The van der Waals surface area contributed by atoms with Crippen LogP contribution in [0.3, 0.4) is 0 Å². The summed E-state index contributed by atoms with van der Waals surface area (Å²) in [5.41, 5.74) is 0. The van der Waals surface area contributed by atoms with Gasteiger partial charge in [-0.2, -0.15) is 0 Å². The van der Waals surface area contributed by atoms with Crippen LogP contribution in [-0.4, -0.2) is 26.2 Å². The molecule has 10 heavy (non-hydrogen) atoms. The van der Waals surface area contributed by atoms with Gasteiger partial charge in [0.05, 0.1) is 6.61 Å². The number of likely N-dealkylation sites (N-methyl/N-ethyl adjacent to an activating group) is 1. The Labute approximate surface area is 61.1 Å². The van der Waals surface area contributed by atoms with Gasteiger partial charge in [-0.05, 0) is 14.0 Å². The first-order chi connectivity index (χ1) is 4.81. The topological polar surface area (TPSA) is 38.3 Å². The van der Waals surface area contributed by atoms with Gasteiger partial charge in [0.2, 0.25) is 0 Å². The number of esters is 1. The lowest BCUT2D eigenvalue weighted by Gasteiger charge is -1.93. The highest BCUT2D eigenvalue weighted by Gasteiger charge is 1.90. The summed E-state index contributed by atoms with van der Waals surface area (Å²) >= 11 is 0. The maximum absolute atomic E-state index is 10.6. The average Bonchev–Trinajstić information content (AvgIpc) is 1.89. The summed E-state index contributed by atoms with van der Waals surface area (Å²) in [6.07, 6.45) is 3.14. The van der Waals surface area contributed by atoms with Crippen molar-refractivity contribution in [3.8, 4) is 0 Å². The molecule has 0 aromatic rings. The molecule has 0 unspecified atom stereocenters. The van der Waals surface area contributed by atoms with Crippen molar-refractivity contribution in [3.63, 3.8) is 0 Å². The Kier molecular flexibility index (Phi) is 5.77. The minimum absolute atomic E-state index is 0.280. The third kappa shape index (κ3) is 5.31. The SMILES string of the molecule is CCOC(=O)C=CCNC. The Bertz CT molecular complexity index is 121. The Morgan fingerprint density at radius 3 is 2.90 bits per heavy atom. The Balaban J connectivity index is 3.36. The summed E-state index contributed by atoms with van der Waals surface area (Å²) < 4.78 is 4.63. The van der Waals surface area contributed by atoms with Crippen LogP contribution < -0.4 is 5.32 Å². The van der Waals surface area contributed by atoms with Crippen LogP contribution in [-0.2, 0) is 9.53 Å². The molecular formula is C7H13NO2. The number of ether oxygens (including phenoxy) is 1. The van der Waals surface area contributed by atoms with Gasteiger partial charge in [-0.1, -0.05) is 6.08 Å². The van der Waals surface area contributed by atoms with Crippen molar-refractivity contribution in [1.29, 1.82) is 0 Å². The molecule has 0 atom stereocenters. The molecule has 3 nitrogen and oxygen atoms in total. The van der Waals surface area contributed by atoms with Crippen molar-refractivity contribution < 1.29 is 9.53 Å². The fraction of sp³-hybridized carbons (Fsp3) is 0.571. The lowest BCUT2D eigenvalue weighted by molar-refractivity contribution is -0.137. The summed E-state index contributed by atoms with van der Waals surface area (Å²) in [5, 5.41) is 2.87. The number of carbonyl (C=O) groups excluding carboxylic acids is 1. The Morgan fingerprint density at radius 1 is 1.70 bits per heavy atom. The van der Waals surface area contributed by atoms with Crippen molar-refractivity contribution in [3.05, 3.63) is 12.2 Å². The third-order valence-electron chi connectivity index (χ3n) is 0.863. The molecule has 0 aliphatic carbocycles. The fourth-order valence-corrected chi connectivity index (χ4v) is 0.463. The molecule has 0 heterocycles. The summed E-state index contributed by atoms with van der Waals surface area (Å²) in [4.78, 5) is 10.6. The van der Waals surface area contributed by atoms with Gasteiger partial charge in [0.1, 0.15) is 0 Å². The van der Waals surface area contributed by atoms with E-state index >= 15 is 0 Å². The molecule has 0 aromatic carbocycles. The third-order valence-corrected chi connectivity index (χ3v) is 0.863. The van der Waals surface area contributed by atoms with Gasteiger partial charge < -0.3 is 10.1 Å². The standard InChI is InChI=1S/C7H13NO2/c1-3-10-7(9)5-4-6-8-2/h4-5,8H,3,6H2,1-2H3. The van der Waals surface area contributed by atoms with E-state index in [1.807, 2.05) is 7.05 Å². The van der Waals surface area contributed by atoms with Gasteiger partial charge in [-0.25, -0.2) is 4.79 Å². The van der Waals surface area contributed by atoms with Gasteiger partial charge >= 0.3 is 5.97 Å². The summed E-state index contributed by atoms with van der Waals surface area (Å²) in [6, 6.07) is 0. The molecule has 0 rings (SSSR count). The second-order valence-electron chi connectivity index (χ2n) is 1.71. The first-order valence-electron chi connectivity index (χ1n) is 3.29. The zero-order valence-corrected chi connectivity index (χ0v) is 6.39. The highest BCUT2D eigenvalue weighted by atomic mass is 16.5. The second-order valence-corrected chi connectivity index (χ2v) is 1.71. The molecule has 0 aromatic heterocycles. The van der Waals surface area contributed by atoms with Crippen LogP contribution in [0, 0.1) is 0 Å². The number of nitrogens with one attached hydrogen (secondary N) is 1. The zero-order chi connectivity index (χ0) is 7.82. The average molecular weight is 143 g/mol. The second kappa shape index (κ2) is 6.29. The normalized spacial score (nSPS) is 10.2. The number of hydrogen-bond acceptors (Lipinski definition) is 3. The monoisotopic (exact) mass is 143 g/mol. The van der Waals surface area contributed by atoms with E-state index in [2.05, 4.69) is 10.1 Å². The van der Waals surface area contributed by atoms with Crippen molar-refractivity contribution in [2.45, 2.75) is 6.92 Å². The molecule has 0 saturated carbocycles. The van der Waals surface area contributed by atoms with E-state index in [-0.39, 0.29) is 5.97 Å². The molecule has 1 N–H and O–H groups in total. The molecule has 0 amide bonds. The van der Waals surface area contributed by atoms with Gasteiger partial charge in [0, 0.05) is 12.6 Å². The molecule has 0 fully saturated rings. The predicted molar refractivity (Wildman–Crippen MR) is 39.7 cm³/mol. The molecule has 0 radical (unpaired) electrons. The van der Waals surface area contributed by atoms with E-state index in [0.29, 0.717) is 13.2 Å². The van der Waals surface area contributed by atoms with Crippen LogP contribution in [0.5, 0.6) is 0 Å². The quantitative estimate of drug-likeness (QED) is 0.455. The minimum Gasteiger partial charge on any atom is -0.463 e. The van der Waals surface area contributed by atoms with E-state index in [1.165, 1.54) is 6.08 Å². The highest BCUT2D eigenvalue weighted by molar-refractivity contribution is 5.81. The van der Waals surface area contributed by atoms with Gasteiger partial charge in [0.15, 0.2) is 0 Å². The maximum Gasteiger partial charge on any atom is 0.330 e. The van der Waals surface area contributed by atoms with Gasteiger partial charge in [-0.3, -0.25) is 0 Å². The molecule has 0 saturated heterocycles. The summed E-state index contributed by atoms with van der Waals surface area (Å²) in [7, 11) is 1.81. The van der Waals surface area contributed by atoms with Crippen molar-refractivity contribution in [2.75, 3.05) is 20.2 Å². The number of rotatable bonds is 4. The molecule has 3 heteroatoms. The Hall–Kier alpha value is -0.830. The van der Waals surface area contributed by atoms with Crippen LogP contribution in [0.4, 0.5) is 0 Å². The summed E-state index contributed by atoms with van der Waals surface area (Å²) in [6.45, 7) is 2.91. The molecular weight excluding hydrogens is 130 g/mol. The van der Waals surface area contributed by atoms with Crippen LogP contribution in [0.1, 0.15) is 6.92 Å². The molecule has 0 bridgehead atoms. The lowest BCUT2D eigenvalue weighted by Crippen LogP contribution is -2.06. The van der Waals surface area contributed by atoms with Crippen molar-refractivity contribution >= 4 is 5.97 Å². The van der Waals surface area contributed by atoms with Gasteiger partial charge in [0.25, 0.3) is 0 Å². The van der Waals surface area contributed by atoms with E-state index in [0.717, 1.165) is 0 Å². The predicted octanol–water partition coefficient (Wildman–Crippen LogP) is 0.325. The largest absolute Gasteiger partial charge is 0.463 e. The van der Waals surface area contributed by atoms with Gasteiger partial charge in [-0.15, -0.1) is 0 Å². The molecule has 0 aliphatic rings. The molecule has 0 spiro atoms. The fourth-order valence-electron chi connectivity index (χ4n) is 0.463. The van der Waals surface area contributed by atoms with Crippen LogP contribution >= 0.6 is 0 Å².